The van der Waals surface area contributed by atoms with Gasteiger partial charge in [0.25, 0.3) is 11.8 Å². The molecule has 218 valence electrons. The van der Waals surface area contributed by atoms with Gasteiger partial charge in [0.1, 0.15) is 5.82 Å². The normalized spacial score (nSPS) is 16.3. The Kier molecular flexibility index (Phi) is 8.65. The first-order valence-corrected chi connectivity index (χ1v) is 13.8. The van der Waals surface area contributed by atoms with Crippen LogP contribution in [0.4, 0.5) is 16.3 Å². The fraction of sp³-hybridized carbons (Fsp3) is 0.433. The maximum absolute atomic E-state index is 13.6. The summed E-state index contributed by atoms with van der Waals surface area (Å²) in [5.41, 5.74) is 4.48. The first-order valence-electron chi connectivity index (χ1n) is 13.8. The summed E-state index contributed by atoms with van der Waals surface area (Å²) in [6.45, 7) is 9.36. The summed E-state index contributed by atoms with van der Waals surface area (Å²) >= 11 is 0. The molecule has 0 radical (unpaired) electrons. The molecule has 0 saturated carbocycles. The molecule has 1 aliphatic heterocycles. The van der Waals surface area contributed by atoms with Crippen LogP contribution in [0.15, 0.2) is 42.6 Å². The van der Waals surface area contributed by atoms with E-state index in [1.807, 2.05) is 35.0 Å². The van der Waals surface area contributed by atoms with Crippen LogP contribution < -0.4 is 15.5 Å². The highest BCUT2D eigenvalue weighted by Crippen LogP contribution is 2.40. The Morgan fingerprint density at radius 3 is 2.24 bits per heavy atom. The molecule has 1 aliphatic rings. The minimum absolute atomic E-state index is 0.0888. The molecule has 4 rings (SSSR count). The van der Waals surface area contributed by atoms with Crippen LogP contribution in [-0.4, -0.2) is 77.1 Å². The SMILES string of the molecule is CC1c2c(C(=O)NCc3ccc(NC(=O)N(C)C)cc3)nn(C(C)C)c2[C@@H](C)CN1c1ccc(C(=O)N(C)C)cn1. The molecule has 3 aromatic rings. The van der Waals surface area contributed by atoms with Crippen molar-refractivity contribution in [1.29, 1.82) is 0 Å². The van der Waals surface area contributed by atoms with Crippen LogP contribution in [0.25, 0.3) is 0 Å². The number of nitrogens with zero attached hydrogens (tertiary/aromatic N) is 6. The molecule has 11 heteroatoms. The molecule has 1 unspecified atom stereocenters. The number of aromatic nitrogens is 3. The van der Waals surface area contributed by atoms with Crippen molar-refractivity contribution in [3.05, 3.63) is 70.7 Å². The number of benzene rings is 1. The standard InChI is InChI=1S/C30H40N8O3/c1-18(2)38-27-19(3)17-37(24-14-11-22(16-31-24)29(40)35(5)6)20(4)25(27)26(34-38)28(39)32-15-21-9-12-23(13-10-21)33-30(41)36(7)8/h9-14,16,18-20H,15,17H2,1-8H3,(H,32,39)(H,33,41)/t19-,20?/m0/s1. The third kappa shape index (κ3) is 6.18. The third-order valence-corrected chi connectivity index (χ3v) is 7.27. The van der Waals surface area contributed by atoms with Crippen LogP contribution in [0.3, 0.4) is 0 Å². The first kappa shape index (κ1) is 29.6. The van der Waals surface area contributed by atoms with Crippen molar-refractivity contribution in [2.45, 2.75) is 52.2 Å². The molecule has 0 bridgehead atoms. The fourth-order valence-corrected chi connectivity index (χ4v) is 5.06. The average molecular weight is 561 g/mol. The van der Waals surface area contributed by atoms with E-state index in [1.165, 1.54) is 9.80 Å². The van der Waals surface area contributed by atoms with Gasteiger partial charge in [-0.1, -0.05) is 19.1 Å². The number of rotatable bonds is 7. The van der Waals surface area contributed by atoms with Crippen molar-refractivity contribution in [2.75, 3.05) is 45.0 Å². The quantitative estimate of drug-likeness (QED) is 0.446. The highest BCUT2D eigenvalue weighted by Gasteiger charge is 2.38. The predicted octanol–water partition coefficient (Wildman–Crippen LogP) is 4.27. The van der Waals surface area contributed by atoms with Gasteiger partial charge in [-0.2, -0.15) is 5.10 Å². The maximum Gasteiger partial charge on any atom is 0.321 e. The molecular formula is C30H40N8O3. The van der Waals surface area contributed by atoms with Gasteiger partial charge in [-0.05, 0) is 50.6 Å². The molecule has 2 aromatic heterocycles. The summed E-state index contributed by atoms with van der Waals surface area (Å²) in [5.74, 6) is 0.505. The van der Waals surface area contributed by atoms with E-state index in [1.54, 1.807) is 40.5 Å². The zero-order valence-corrected chi connectivity index (χ0v) is 25.1. The van der Waals surface area contributed by atoms with Gasteiger partial charge in [0, 0.05) is 76.4 Å². The molecule has 41 heavy (non-hydrogen) atoms. The molecule has 0 spiro atoms. The summed E-state index contributed by atoms with van der Waals surface area (Å²) in [7, 11) is 6.79. The number of amides is 4. The van der Waals surface area contributed by atoms with Crippen LogP contribution in [0.2, 0.25) is 0 Å². The maximum atomic E-state index is 13.6. The molecule has 4 amide bonds. The number of carbonyl (C=O) groups excluding carboxylic acids is 3. The Morgan fingerprint density at radius 2 is 1.68 bits per heavy atom. The average Bonchev–Trinajstić information content (AvgIpc) is 3.36. The zero-order valence-electron chi connectivity index (χ0n) is 25.1. The number of urea groups is 1. The largest absolute Gasteiger partial charge is 0.349 e. The van der Waals surface area contributed by atoms with Crippen molar-refractivity contribution >= 4 is 29.4 Å². The number of hydrogen-bond acceptors (Lipinski definition) is 6. The molecule has 0 aliphatic carbocycles. The highest BCUT2D eigenvalue weighted by molar-refractivity contribution is 5.95. The Hall–Kier alpha value is -4.41. The Labute approximate surface area is 241 Å². The van der Waals surface area contributed by atoms with E-state index in [-0.39, 0.29) is 35.8 Å². The summed E-state index contributed by atoms with van der Waals surface area (Å²) in [5, 5.41) is 10.6. The van der Waals surface area contributed by atoms with Crippen molar-refractivity contribution < 1.29 is 14.4 Å². The molecule has 0 fully saturated rings. The molecule has 0 saturated heterocycles. The number of carbonyl (C=O) groups is 3. The van der Waals surface area contributed by atoms with Crippen molar-refractivity contribution in [3.8, 4) is 0 Å². The van der Waals surface area contributed by atoms with E-state index < -0.39 is 0 Å². The number of nitrogens with one attached hydrogen (secondary N) is 2. The molecule has 2 atom stereocenters. The van der Waals surface area contributed by atoms with E-state index >= 15 is 0 Å². The Morgan fingerprint density at radius 1 is 1.00 bits per heavy atom. The Bertz CT molecular complexity index is 1410. The lowest BCUT2D eigenvalue weighted by atomic mass is 9.90. The van der Waals surface area contributed by atoms with E-state index in [0.29, 0.717) is 30.0 Å². The second kappa shape index (κ2) is 12.0. The van der Waals surface area contributed by atoms with Crippen molar-refractivity contribution in [1.82, 2.24) is 29.9 Å². The van der Waals surface area contributed by atoms with Gasteiger partial charge in [-0.15, -0.1) is 0 Å². The van der Waals surface area contributed by atoms with Gasteiger partial charge in [0.05, 0.1) is 11.6 Å². The zero-order chi connectivity index (χ0) is 30.0. The van der Waals surface area contributed by atoms with Gasteiger partial charge in [-0.25, -0.2) is 9.78 Å². The van der Waals surface area contributed by atoms with E-state index in [2.05, 4.69) is 48.2 Å². The second-order valence-corrected chi connectivity index (χ2v) is 11.2. The highest BCUT2D eigenvalue weighted by atomic mass is 16.2. The Balaban J connectivity index is 1.57. The van der Waals surface area contributed by atoms with Crippen LogP contribution in [-0.2, 0) is 6.54 Å². The van der Waals surface area contributed by atoms with E-state index in [4.69, 9.17) is 5.10 Å². The number of anilines is 2. The molecule has 11 nitrogen and oxygen atoms in total. The van der Waals surface area contributed by atoms with Crippen molar-refractivity contribution in [3.63, 3.8) is 0 Å². The van der Waals surface area contributed by atoms with Gasteiger partial charge < -0.3 is 25.3 Å². The van der Waals surface area contributed by atoms with Crippen LogP contribution in [0, 0.1) is 0 Å². The number of hydrogen-bond donors (Lipinski definition) is 2. The first-order chi connectivity index (χ1) is 19.4. The lowest BCUT2D eigenvalue weighted by molar-refractivity contribution is 0.0826. The lowest BCUT2D eigenvalue weighted by Gasteiger charge is -2.38. The second-order valence-electron chi connectivity index (χ2n) is 11.2. The summed E-state index contributed by atoms with van der Waals surface area (Å²) in [4.78, 5) is 47.6. The lowest BCUT2D eigenvalue weighted by Crippen LogP contribution is -2.38. The van der Waals surface area contributed by atoms with Crippen molar-refractivity contribution in [2.24, 2.45) is 0 Å². The van der Waals surface area contributed by atoms with E-state index in [9.17, 15) is 14.4 Å². The molecule has 1 aromatic carbocycles. The monoisotopic (exact) mass is 560 g/mol. The van der Waals surface area contributed by atoms with Gasteiger partial charge in [0.15, 0.2) is 5.69 Å². The van der Waals surface area contributed by atoms with Crippen LogP contribution in [0.1, 0.15) is 83.4 Å². The van der Waals surface area contributed by atoms with Gasteiger partial charge in [-0.3, -0.25) is 14.3 Å². The van der Waals surface area contributed by atoms with Crippen LogP contribution >= 0.6 is 0 Å². The fourth-order valence-electron chi connectivity index (χ4n) is 5.06. The van der Waals surface area contributed by atoms with Gasteiger partial charge >= 0.3 is 6.03 Å². The minimum atomic E-state index is -0.244. The predicted molar refractivity (Wildman–Crippen MR) is 159 cm³/mol. The molecule has 3 heterocycles. The number of pyridine rings is 1. The van der Waals surface area contributed by atoms with E-state index in [0.717, 1.165) is 22.6 Å². The number of fused-ring (bicyclic) bond motifs is 1. The van der Waals surface area contributed by atoms with Gasteiger partial charge in [0.2, 0.25) is 0 Å². The van der Waals surface area contributed by atoms with Crippen LogP contribution in [0.5, 0.6) is 0 Å². The minimum Gasteiger partial charge on any atom is -0.349 e. The summed E-state index contributed by atoms with van der Waals surface area (Å²) < 4.78 is 1.97. The smallest absolute Gasteiger partial charge is 0.321 e. The third-order valence-electron chi connectivity index (χ3n) is 7.27. The summed E-state index contributed by atoms with van der Waals surface area (Å²) in [6.07, 6.45) is 1.60. The molecular weight excluding hydrogens is 520 g/mol. The molecule has 2 N–H and O–H groups in total. The topological polar surface area (TPSA) is 116 Å². The summed E-state index contributed by atoms with van der Waals surface area (Å²) in [6, 6.07) is 10.7.